The first-order valence-electron chi connectivity index (χ1n) is 9.00. The number of H-pyrrole nitrogens is 1. The van der Waals surface area contributed by atoms with Gasteiger partial charge < -0.3 is 10.1 Å². The number of fused-ring (bicyclic) bond motifs is 1. The molecule has 2 N–H and O–H groups in total. The van der Waals surface area contributed by atoms with Crippen LogP contribution in [0.5, 0.6) is 5.75 Å². The van der Waals surface area contributed by atoms with Gasteiger partial charge in [-0.2, -0.15) is 10.2 Å². The Morgan fingerprint density at radius 1 is 1.21 bits per heavy atom. The number of carbonyl (C=O) groups excluding carboxylic acids is 1. The van der Waals surface area contributed by atoms with Gasteiger partial charge in [0.25, 0.3) is 5.91 Å². The molecular weight excluding hydrogens is 373 g/mol. The molecule has 2 aromatic heterocycles. The van der Waals surface area contributed by atoms with Gasteiger partial charge in [0.05, 0.1) is 24.4 Å². The molecule has 0 radical (unpaired) electrons. The standard InChI is InChI=1S/C21H20FN5O2/c1-11-5-14(22)6-12(2)19(11)24-21(28)16-7-15-17(8-18(16)29-4)25-26-20(15)13-9-23-27(3)10-13/h5-10H,1-4H3,(H,24,28)(H,25,26). The van der Waals surface area contributed by atoms with Crippen molar-refractivity contribution in [2.24, 2.45) is 7.05 Å². The number of methoxy groups -OCH3 is 1. The smallest absolute Gasteiger partial charge is 0.259 e. The van der Waals surface area contributed by atoms with E-state index in [4.69, 9.17) is 4.74 Å². The third-order valence-corrected chi connectivity index (χ3v) is 4.84. The summed E-state index contributed by atoms with van der Waals surface area (Å²) >= 11 is 0. The predicted octanol–water partition coefficient (Wildman–Crippen LogP) is 3.98. The fourth-order valence-corrected chi connectivity index (χ4v) is 3.44. The highest BCUT2D eigenvalue weighted by Crippen LogP contribution is 2.32. The van der Waals surface area contributed by atoms with E-state index in [0.29, 0.717) is 33.8 Å². The molecule has 2 aromatic carbocycles. The van der Waals surface area contributed by atoms with Crippen LogP contribution in [0.1, 0.15) is 21.5 Å². The molecule has 4 rings (SSSR count). The summed E-state index contributed by atoms with van der Waals surface area (Å²) in [4.78, 5) is 13.1. The van der Waals surface area contributed by atoms with Crippen LogP contribution in [0.25, 0.3) is 22.2 Å². The van der Waals surface area contributed by atoms with Gasteiger partial charge in [0.2, 0.25) is 0 Å². The molecule has 0 saturated heterocycles. The van der Waals surface area contributed by atoms with Crippen molar-refractivity contribution in [1.29, 1.82) is 0 Å². The van der Waals surface area contributed by atoms with E-state index in [1.807, 2.05) is 13.2 Å². The first kappa shape index (κ1) is 18.7. The molecule has 1 amide bonds. The van der Waals surface area contributed by atoms with Crippen LogP contribution in [-0.2, 0) is 7.05 Å². The number of hydrogen-bond acceptors (Lipinski definition) is 4. The number of aromatic amines is 1. The third-order valence-electron chi connectivity index (χ3n) is 4.84. The number of nitrogens with zero attached hydrogens (tertiary/aromatic N) is 3. The van der Waals surface area contributed by atoms with E-state index in [1.54, 1.807) is 36.9 Å². The van der Waals surface area contributed by atoms with Gasteiger partial charge in [-0.1, -0.05) is 0 Å². The number of benzene rings is 2. The van der Waals surface area contributed by atoms with Crippen LogP contribution < -0.4 is 10.1 Å². The Kier molecular flexibility index (Phi) is 4.54. The number of amides is 1. The summed E-state index contributed by atoms with van der Waals surface area (Å²) in [6, 6.07) is 6.25. The highest BCUT2D eigenvalue weighted by molar-refractivity contribution is 6.10. The Morgan fingerprint density at radius 3 is 2.55 bits per heavy atom. The van der Waals surface area contributed by atoms with Crippen molar-refractivity contribution in [1.82, 2.24) is 20.0 Å². The number of hydrogen-bond donors (Lipinski definition) is 2. The summed E-state index contributed by atoms with van der Waals surface area (Å²) < 4.78 is 20.7. The molecule has 7 nitrogen and oxygen atoms in total. The molecule has 0 aliphatic heterocycles. The number of ether oxygens (including phenoxy) is 1. The second kappa shape index (κ2) is 7.05. The minimum absolute atomic E-state index is 0.337. The van der Waals surface area contributed by atoms with Crippen molar-refractivity contribution in [3.05, 3.63) is 59.2 Å². The van der Waals surface area contributed by atoms with Crippen molar-refractivity contribution in [3.63, 3.8) is 0 Å². The van der Waals surface area contributed by atoms with Gasteiger partial charge in [-0.3, -0.25) is 14.6 Å². The molecule has 2 heterocycles. The number of aryl methyl sites for hydroxylation is 3. The zero-order valence-electron chi connectivity index (χ0n) is 16.5. The molecule has 148 valence electrons. The van der Waals surface area contributed by atoms with Gasteiger partial charge in [0, 0.05) is 35.9 Å². The van der Waals surface area contributed by atoms with Crippen LogP contribution in [0.2, 0.25) is 0 Å². The minimum atomic E-state index is -0.347. The summed E-state index contributed by atoms with van der Waals surface area (Å²) in [5, 5.41) is 15.2. The maximum absolute atomic E-state index is 13.6. The molecule has 0 aliphatic carbocycles. The van der Waals surface area contributed by atoms with Gasteiger partial charge in [0.15, 0.2) is 0 Å². The highest BCUT2D eigenvalue weighted by atomic mass is 19.1. The van der Waals surface area contributed by atoms with Gasteiger partial charge in [-0.15, -0.1) is 0 Å². The Labute approximate surface area is 166 Å². The van der Waals surface area contributed by atoms with Crippen LogP contribution in [0.4, 0.5) is 10.1 Å². The Hall–Kier alpha value is -3.68. The lowest BCUT2D eigenvalue weighted by atomic mass is 10.0. The second-order valence-electron chi connectivity index (χ2n) is 6.94. The zero-order chi connectivity index (χ0) is 20.7. The van der Waals surface area contributed by atoms with E-state index in [0.717, 1.165) is 16.5 Å². The van der Waals surface area contributed by atoms with Crippen molar-refractivity contribution < 1.29 is 13.9 Å². The first-order valence-corrected chi connectivity index (χ1v) is 9.00. The molecule has 8 heteroatoms. The Morgan fingerprint density at radius 2 is 1.93 bits per heavy atom. The maximum Gasteiger partial charge on any atom is 0.259 e. The number of carbonyl (C=O) groups is 1. The normalized spacial score (nSPS) is 11.1. The molecule has 0 spiro atoms. The molecule has 0 bridgehead atoms. The number of aromatic nitrogens is 4. The molecule has 4 aromatic rings. The number of anilines is 1. The molecule has 0 fully saturated rings. The Bertz CT molecular complexity index is 1220. The topological polar surface area (TPSA) is 84.8 Å². The molecule has 0 saturated carbocycles. The summed E-state index contributed by atoms with van der Waals surface area (Å²) in [6.45, 7) is 3.51. The summed E-state index contributed by atoms with van der Waals surface area (Å²) in [5.74, 6) is -0.273. The van der Waals surface area contributed by atoms with Crippen LogP contribution >= 0.6 is 0 Å². The minimum Gasteiger partial charge on any atom is -0.496 e. The van der Waals surface area contributed by atoms with Gasteiger partial charge >= 0.3 is 0 Å². The van der Waals surface area contributed by atoms with E-state index in [2.05, 4.69) is 20.6 Å². The summed E-state index contributed by atoms with van der Waals surface area (Å²) in [5.41, 5.74) is 4.50. The highest BCUT2D eigenvalue weighted by Gasteiger charge is 2.19. The SMILES string of the molecule is COc1cc2[nH]nc(-c3cnn(C)c3)c2cc1C(=O)Nc1c(C)cc(F)cc1C. The maximum atomic E-state index is 13.6. The first-order chi connectivity index (χ1) is 13.9. The largest absolute Gasteiger partial charge is 0.496 e. The lowest BCUT2D eigenvalue weighted by Gasteiger charge is -2.14. The zero-order valence-corrected chi connectivity index (χ0v) is 16.5. The van der Waals surface area contributed by atoms with Crippen LogP contribution in [-0.4, -0.2) is 33.0 Å². The van der Waals surface area contributed by atoms with Gasteiger partial charge in [0.1, 0.15) is 17.3 Å². The average Bonchev–Trinajstić information content (AvgIpc) is 3.28. The van der Waals surface area contributed by atoms with Crippen LogP contribution in [0.3, 0.4) is 0 Å². The lowest BCUT2D eigenvalue weighted by molar-refractivity contribution is 0.102. The monoisotopic (exact) mass is 393 g/mol. The van der Waals surface area contributed by atoms with Gasteiger partial charge in [-0.05, 0) is 43.2 Å². The van der Waals surface area contributed by atoms with Crippen LogP contribution in [0, 0.1) is 19.7 Å². The molecule has 0 atom stereocenters. The van der Waals surface area contributed by atoms with E-state index in [9.17, 15) is 9.18 Å². The van der Waals surface area contributed by atoms with Crippen molar-refractivity contribution in [2.75, 3.05) is 12.4 Å². The predicted molar refractivity (Wildman–Crippen MR) is 109 cm³/mol. The second-order valence-corrected chi connectivity index (χ2v) is 6.94. The van der Waals surface area contributed by atoms with Crippen LogP contribution in [0.15, 0.2) is 36.7 Å². The fraction of sp³-hybridized carbons (Fsp3) is 0.190. The van der Waals surface area contributed by atoms with Gasteiger partial charge in [-0.25, -0.2) is 4.39 Å². The lowest BCUT2D eigenvalue weighted by Crippen LogP contribution is -2.15. The molecule has 0 aliphatic rings. The summed E-state index contributed by atoms with van der Waals surface area (Å²) in [6.07, 6.45) is 3.57. The van der Waals surface area contributed by atoms with E-state index in [1.165, 1.54) is 19.2 Å². The van der Waals surface area contributed by atoms with E-state index in [-0.39, 0.29) is 11.7 Å². The van der Waals surface area contributed by atoms with Crippen molar-refractivity contribution in [2.45, 2.75) is 13.8 Å². The van der Waals surface area contributed by atoms with Crippen molar-refractivity contribution in [3.8, 4) is 17.0 Å². The quantitative estimate of drug-likeness (QED) is 0.549. The molecular formula is C21H20FN5O2. The molecule has 29 heavy (non-hydrogen) atoms. The van der Waals surface area contributed by atoms with Crippen molar-refractivity contribution >= 4 is 22.5 Å². The van der Waals surface area contributed by atoms with E-state index < -0.39 is 0 Å². The fourth-order valence-electron chi connectivity index (χ4n) is 3.44. The summed E-state index contributed by atoms with van der Waals surface area (Å²) in [7, 11) is 3.33. The average molecular weight is 393 g/mol. The number of nitrogens with one attached hydrogen (secondary N) is 2. The number of rotatable bonds is 4. The number of halogens is 1. The Balaban J connectivity index is 1.79. The molecule has 0 unspecified atom stereocenters. The van der Waals surface area contributed by atoms with E-state index >= 15 is 0 Å². The third kappa shape index (κ3) is 3.33.